The monoisotopic (exact) mass is 406 g/mol. The highest BCUT2D eigenvalue weighted by atomic mass is 16.5. The molecule has 0 atom stereocenters. The third-order valence-corrected chi connectivity index (χ3v) is 6.88. The van der Waals surface area contributed by atoms with Crippen LogP contribution < -0.4 is 10.6 Å². The van der Waals surface area contributed by atoms with Crippen molar-refractivity contribution in [2.75, 3.05) is 78.3 Å². The fraction of sp³-hybridized carbons (Fsp3) is 0.810. The van der Waals surface area contributed by atoms with E-state index in [-0.39, 0.29) is 11.1 Å². The van der Waals surface area contributed by atoms with E-state index < -0.39 is 0 Å². The maximum Gasteiger partial charge on any atom is 0.224 e. The summed E-state index contributed by atoms with van der Waals surface area (Å²) in [5, 5.41) is 7.08. The van der Waals surface area contributed by atoms with Crippen LogP contribution >= 0.6 is 0 Å². The Balaban J connectivity index is 1.66. The van der Waals surface area contributed by atoms with Crippen LogP contribution in [0.25, 0.3) is 0 Å². The number of likely N-dealkylation sites (N-methyl/N-ethyl adjacent to an activating group) is 2. The van der Waals surface area contributed by atoms with Crippen molar-refractivity contribution in [1.29, 1.82) is 0 Å². The number of nitrogens with zero attached hydrogens (tertiary/aromatic N) is 4. The van der Waals surface area contributed by atoms with Gasteiger partial charge in [0.2, 0.25) is 5.95 Å². The lowest BCUT2D eigenvalue weighted by atomic mass is 9.88. The van der Waals surface area contributed by atoms with Crippen LogP contribution in [0, 0.1) is 6.92 Å². The van der Waals surface area contributed by atoms with Gasteiger partial charge in [-0.1, -0.05) is 0 Å². The van der Waals surface area contributed by atoms with Gasteiger partial charge in [0.1, 0.15) is 5.82 Å². The van der Waals surface area contributed by atoms with Crippen LogP contribution in [0.2, 0.25) is 0 Å². The van der Waals surface area contributed by atoms with Crippen LogP contribution in [0.15, 0.2) is 6.20 Å². The minimum atomic E-state index is 0.0805. The first kappa shape index (κ1) is 22.2. The van der Waals surface area contributed by atoms with Crippen molar-refractivity contribution >= 4 is 11.8 Å². The fourth-order valence-electron chi connectivity index (χ4n) is 4.26. The number of hydrogen-bond acceptors (Lipinski definition) is 8. The van der Waals surface area contributed by atoms with Gasteiger partial charge in [0.15, 0.2) is 0 Å². The van der Waals surface area contributed by atoms with Crippen molar-refractivity contribution in [3.8, 4) is 0 Å². The molecule has 8 nitrogen and oxygen atoms in total. The zero-order valence-electron chi connectivity index (χ0n) is 18.8. The number of aryl methyl sites for hydroxylation is 1. The van der Waals surface area contributed by atoms with Gasteiger partial charge >= 0.3 is 0 Å². The van der Waals surface area contributed by atoms with Crippen LogP contribution in [0.5, 0.6) is 0 Å². The van der Waals surface area contributed by atoms with Gasteiger partial charge < -0.3 is 29.9 Å². The molecule has 0 spiro atoms. The molecule has 0 saturated carbocycles. The molecule has 1 aromatic rings. The zero-order chi connectivity index (χ0) is 20.9. The lowest BCUT2D eigenvalue weighted by molar-refractivity contribution is -0.000703. The minimum Gasteiger partial charge on any atom is -0.381 e. The lowest BCUT2D eigenvalue weighted by Gasteiger charge is -2.43. The number of anilines is 2. The van der Waals surface area contributed by atoms with Gasteiger partial charge in [-0.05, 0) is 60.8 Å². The molecule has 29 heavy (non-hydrogen) atoms. The first-order valence-corrected chi connectivity index (χ1v) is 10.7. The van der Waals surface area contributed by atoms with Crippen LogP contribution in [0.1, 0.15) is 31.2 Å². The van der Waals surface area contributed by atoms with Gasteiger partial charge in [-0.15, -0.1) is 0 Å². The van der Waals surface area contributed by atoms with E-state index in [1.165, 1.54) is 0 Å². The molecule has 0 amide bonds. The van der Waals surface area contributed by atoms with Crippen molar-refractivity contribution in [1.82, 2.24) is 19.8 Å². The maximum absolute atomic E-state index is 5.59. The van der Waals surface area contributed by atoms with E-state index in [9.17, 15) is 0 Å². The molecule has 0 bridgehead atoms. The summed E-state index contributed by atoms with van der Waals surface area (Å²) in [6, 6.07) is 0. The molecule has 0 aliphatic carbocycles. The van der Waals surface area contributed by atoms with Crippen molar-refractivity contribution in [2.24, 2.45) is 0 Å². The van der Waals surface area contributed by atoms with E-state index in [0.717, 1.165) is 76.6 Å². The van der Waals surface area contributed by atoms with Gasteiger partial charge in [-0.25, -0.2) is 4.98 Å². The fourth-order valence-corrected chi connectivity index (χ4v) is 4.26. The summed E-state index contributed by atoms with van der Waals surface area (Å²) < 4.78 is 11.2. The number of ether oxygens (including phenoxy) is 2. The number of rotatable bonds is 8. The zero-order valence-corrected chi connectivity index (χ0v) is 18.8. The SMILES string of the molecule is Cc1cnc(NCC2(N(C)C)CCOCC2)nc1NCC1(N(C)C)CCOCC1. The first-order chi connectivity index (χ1) is 13.9. The third kappa shape index (κ3) is 5.17. The molecular weight excluding hydrogens is 368 g/mol. The van der Waals surface area contributed by atoms with Crippen LogP contribution in [-0.2, 0) is 9.47 Å². The van der Waals surface area contributed by atoms with Crippen LogP contribution in [0.3, 0.4) is 0 Å². The molecule has 2 aliphatic rings. The van der Waals surface area contributed by atoms with Gasteiger partial charge in [0, 0.05) is 62.4 Å². The second-order valence-electron chi connectivity index (χ2n) is 8.89. The second-order valence-corrected chi connectivity index (χ2v) is 8.89. The molecule has 3 rings (SSSR count). The summed E-state index contributed by atoms with van der Waals surface area (Å²) in [7, 11) is 8.60. The van der Waals surface area contributed by atoms with Gasteiger partial charge in [-0.3, -0.25) is 0 Å². The largest absolute Gasteiger partial charge is 0.381 e. The van der Waals surface area contributed by atoms with E-state index in [0.29, 0.717) is 5.95 Å². The summed E-state index contributed by atoms with van der Waals surface area (Å²) in [5.41, 5.74) is 1.24. The molecule has 0 radical (unpaired) electrons. The molecule has 2 aliphatic heterocycles. The normalized spacial score (nSPS) is 21.3. The summed E-state index contributed by atoms with van der Waals surface area (Å²) in [4.78, 5) is 13.9. The highest BCUT2D eigenvalue weighted by Gasteiger charge is 2.36. The molecule has 0 aromatic carbocycles. The van der Waals surface area contributed by atoms with E-state index in [2.05, 4.69) is 60.5 Å². The summed E-state index contributed by atoms with van der Waals surface area (Å²) in [5.74, 6) is 1.58. The van der Waals surface area contributed by atoms with E-state index in [1.807, 2.05) is 6.20 Å². The average Bonchev–Trinajstić information content (AvgIpc) is 2.73. The number of hydrogen-bond donors (Lipinski definition) is 2. The van der Waals surface area contributed by atoms with Gasteiger partial charge in [0.25, 0.3) is 0 Å². The average molecular weight is 407 g/mol. The van der Waals surface area contributed by atoms with E-state index in [4.69, 9.17) is 14.5 Å². The Kier molecular flexibility index (Phi) is 7.32. The van der Waals surface area contributed by atoms with Crippen LogP contribution in [-0.4, -0.2) is 98.6 Å². The number of nitrogens with one attached hydrogen (secondary N) is 2. The topological polar surface area (TPSA) is 74.8 Å². The highest BCUT2D eigenvalue weighted by Crippen LogP contribution is 2.28. The first-order valence-electron chi connectivity index (χ1n) is 10.7. The van der Waals surface area contributed by atoms with Crippen LogP contribution in [0.4, 0.5) is 11.8 Å². The minimum absolute atomic E-state index is 0.0805. The summed E-state index contributed by atoms with van der Waals surface area (Å²) >= 11 is 0. The Morgan fingerprint density at radius 3 is 1.83 bits per heavy atom. The molecular formula is C21H38N6O2. The molecule has 0 unspecified atom stereocenters. The van der Waals surface area contributed by atoms with Gasteiger partial charge in [0.05, 0.1) is 0 Å². The molecule has 3 heterocycles. The standard InChI is InChI=1S/C21H38N6O2/c1-17-14-22-19(24-16-21(27(4)5)8-12-29-13-9-21)25-18(17)23-15-20(26(2)3)6-10-28-11-7-20/h14H,6-13,15-16H2,1-5H3,(H2,22,23,24,25). The lowest BCUT2D eigenvalue weighted by Crippen LogP contribution is -2.53. The Morgan fingerprint density at radius 1 is 0.862 bits per heavy atom. The van der Waals surface area contributed by atoms with Crippen molar-refractivity contribution in [3.63, 3.8) is 0 Å². The Hall–Kier alpha value is -1.48. The van der Waals surface area contributed by atoms with Gasteiger partial charge in [-0.2, -0.15) is 4.98 Å². The molecule has 2 N–H and O–H groups in total. The molecule has 2 fully saturated rings. The molecule has 164 valence electrons. The number of aromatic nitrogens is 2. The van der Waals surface area contributed by atoms with E-state index in [1.54, 1.807) is 0 Å². The molecule has 2 saturated heterocycles. The Morgan fingerprint density at radius 2 is 1.34 bits per heavy atom. The second kappa shape index (κ2) is 9.55. The van der Waals surface area contributed by atoms with Crippen molar-refractivity contribution in [3.05, 3.63) is 11.8 Å². The quantitative estimate of drug-likeness (QED) is 0.677. The predicted octanol–water partition coefficient (Wildman–Crippen LogP) is 1.83. The molecule has 8 heteroatoms. The maximum atomic E-state index is 5.59. The third-order valence-electron chi connectivity index (χ3n) is 6.88. The molecule has 1 aromatic heterocycles. The van der Waals surface area contributed by atoms with Crippen molar-refractivity contribution in [2.45, 2.75) is 43.7 Å². The van der Waals surface area contributed by atoms with E-state index >= 15 is 0 Å². The Labute approximate surface area is 175 Å². The summed E-state index contributed by atoms with van der Waals surface area (Å²) in [6.07, 6.45) is 5.97. The predicted molar refractivity (Wildman–Crippen MR) is 117 cm³/mol. The van der Waals surface area contributed by atoms with Crippen molar-refractivity contribution < 1.29 is 9.47 Å². The Bertz CT molecular complexity index is 655. The smallest absolute Gasteiger partial charge is 0.224 e. The highest BCUT2D eigenvalue weighted by molar-refractivity contribution is 5.47. The summed E-state index contributed by atoms with van der Waals surface area (Å²) in [6.45, 7) is 6.94.